The van der Waals surface area contributed by atoms with Crippen LogP contribution in [0, 0.1) is 0 Å². The Morgan fingerprint density at radius 3 is 2.51 bits per heavy atom. The molecule has 2 N–H and O–H groups in total. The second kappa shape index (κ2) is 10.7. The van der Waals surface area contributed by atoms with Crippen molar-refractivity contribution in [1.82, 2.24) is 25.3 Å². The van der Waals surface area contributed by atoms with Gasteiger partial charge < -0.3 is 25.0 Å². The molecule has 2 aromatic carbocycles. The molecule has 0 unspecified atom stereocenters. The second-order valence-electron chi connectivity index (χ2n) is 9.06. The molecule has 0 radical (unpaired) electrons. The lowest BCUT2D eigenvalue weighted by Gasteiger charge is -2.40. The van der Waals surface area contributed by atoms with Crippen molar-refractivity contribution in [1.29, 1.82) is 0 Å². The van der Waals surface area contributed by atoms with E-state index in [4.69, 9.17) is 9.47 Å². The van der Waals surface area contributed by atoms with Gasteiger partial charge in [0.2, 0.25) is 5.91 Å². The predicted molar refractivity (Wildman–Crippen MR) is 137 cm³/mol. The Balaban J connectivity index is 1.41. The fourth-order valence-corrected chi connectivity index (χ4v) is 4.27. The van der Waals surface area contributed by atoms with Crippen LogP contribution in [-0.2, 0) is 24.3 Å². The van der Waals surface area contributed by atoms with Crippen LogP contribution in [0.1, 0.15) is 39.0 Å². The number of carbonyl (C=O) groups excluding carboxylic acids is 3. The molecule has 1 aliphatic heterocycles. The zero-order valence-electron chi connectivity index (χ0n) is 21.4. The van der Waals surface area contributed by atoms with Crippen LogP contribution < -0.4 is 20.1 Å². The van der Waals surface area contributed by atoms with Crippen LogP contribution in [0.3, 0.4) is 0 Å². The molecule has 3 aromatic rings. The molecule has 0 saturated heterocycles. The Kier molecular flexibility index (Phi) is 7.47. The SMILES string of the molecule is COc1ccc(CCNC(=O)c2cc3n(n2)C[C@](C)(C(=O)NCc2ccccc2)N(C)C3=O)c(OC)c1. The molecule has 1 aromatic heterocycles. The number of nitrogens with zero attached hydrogens (tertiary/aromatic N) is 3. The van der Waals surface area contributed by atoms with E-state index >= 15 is 0 Å². The number of likely N-dealkylation sites (N-methyl/N-ethyl adjacent to an activating group) is 1. The summed E-state index contributed by atoms with van der Waals surface area (Å²) in [4.78, 5) is 40.4. The van der Waals surface area contributed by atoms with Crippen LogP contribution in [-0.4, -0.2) is 65.8 Å². The summed E-state index contributed by atoms with van der Waals surface area (Å²) in [6.45, 7) is 2.51. The highest BCUT2D eigenvalue weighted by Crippen LogP contribution is 2.27. The van der Waals surface area contributed by atoms with Crippen LogP contribution in [0.15, 0.2) is 54.6 Å². The van der Waals surface area contributed by atoms with Gasteiger partial charge in [-0.3, -0.25) is 19.1 Å². The third kappa shape index (κ3) is 5.28. The molecule has 1 atom stereocenters. The van der Waals surface area contributed by atoms with Gasteiger partial charge in [0.15, 0.2) is 5.69 Å². The third-order valence-corrected chi connectivity index (χ3v) is 6.69. The number of fused-ring (bicyclic) bond motifs is 1. The Bertz CT molecular complexity index is 1310. The van der Waals surface area contributed by atoms with Crippen LogP contribution in [0.5, 0.6) is 11.5 Å². The van der Waals surface area contributed by atoms with Crippen molar-refractivity contribution >= 4 is 17.7 Å². The fraction of sp³-hybridized carbons (Fsp3) is 0.333. The largest absolute Gasteiger partial charge is 0.497 e. The maximum absolute atomic E-state index is 13.1. The molecule has 4 rings (SSSR count). The average Bonchev–Trinajstić information content (AvgIpc) is 3.35. The number of amides is 3. The maximum Gasteiger partial charge on any atom is 0.272 e. The minimum atomic E-state index is -1.16. The lowest BCUT2D eigenvalue weighted by molar-refractivity contribution is -0.132. The van der Waals surface area contributed by atoms with Gasteiger partial charge in [0, 0.05) is 32.3 Å². The summed E-state index contributed by atoms with van der Waals surface area (Å²) in [6, 6.07) is 16.5. The van der Waals surface area contributed by atoms with Crippen molar-refractivity contribution in [3.63, 3.8) is 0 Å². The molecule has 0 spiro atoms. The minimum absolute atomic E-state index is 0.118. The second-order valence-corrected chi connectivity index (χ2v) is 9.06. The van der Waals surface area contributed by atoms with Crippen molar-refractivity contribution in [2.75, 3.05) is 27.8 Å². The maximum atomic E-state index is 13.1. The highest BCUT2D eigenvalue weighted by molar-refractivity contribution is 6.01. The van der Waals surface area contributed by atoms with E-state index in [1.165, 1.54) is 15.6 Å². The van der Waals surface area contributed by atoms with Gasteiger partial charge in [-0.2, -0.15) is 5.10 Å². The van der Waals surface area contributed by atoms with E-state index in [0.717, 1.165) is 11.1 Å². The lowest BCUT2D eigenvalue weighted by Crippen LogP contribution is -2.62. The van der Waals surface area contributed by atoms with E-state index in [-0.39, 0.29) is 29.7 Å². The number of hydrogen-bond donors (Lipinski definition) is 2. The van der Waals surface area contributed by atoms with E-state index in [1.54, 1.807) is 34.3 Å². The normalized spacial score (nSPS) is 16.6. The zero-order chi connectivity index (χ0) is 26.6. The topological polar surface area (TPSA) is 115 Å². The number of aromatic nitrogens is 2. The van der Waals surface area contributed by atoms with Crippen molar-refractivity contribution in [2.45, 2.75) is 32.0 Å². The molecule has 0 aliphatic carbocycles. The van der Waals surface area contributed by atoms with E-state index in [9.17, 15) is 14.4 Å². The van der Waals surface area contributed by atoms with Crippen molar-refractivity contribution in [2.24, 2.45) is 0 Å². The van der Waals surface area contributed by atoms with Gasteiger partial charge in [0.05, 0.1) is 20.8 Å². The molecule has 10 nitrogen and oxygen atoms in total. The standard InChI is InChI=1S/C27H31N5O5/c1-27(26(35)29-16-18-8-6-5-7-9-18)17-32-22(25(34)31(27)2)15-21(30-32)24(33)28-13-12-19-10-11-20(36-3)14-23(19)37-4/h5-11,14-15H,12-13,16-17H2,1-4H3,(H,28,33)(H,29,35)/t27-/m1/s1. The first-order valence-corrected chi connectivity index (χ1v) is 11.9. The van der Waals surface area contributed by atoms with Gasteiger partial charge in [-0.25, -0.2) is 0 Å². The van der Waals surface area contributed by atoms with Gasteiger partial charge >= 0.3 is 0 Å². The monoisotopic (exact) mass is 505 g/mol. The molecular weight excluding hydrogens is 474 g/mol. The zero-order valence-corrected chi connectivity index (χ0v) is 21.4. The molecule has 0 fully saturated rings. The number of nitrogens with one attached hydrogen (secondary N) is 2. The average molecular weight is 506 g/mol. The molecule has 2 heterocycles. The molecule has 0 saturated carbocycles. The number of benzene rings is 2. The molecule has 1 aliphatic rings. The summed E-state index contributed by atoms with van der Waals surface area (Å²) in [6.07, 6.45) is 0.536. The van der Waals surface area contributed by atoms with E-state index in [0.29, 0.717) is 31.0 Å². The van der Waals surface area contributed by atoms with Crippen LogP contribution >= 0.6 is 0 Å². The fourth-order valence-electron chi connectivity index (χ4n) is 4.27. The van der Waals surface area contributed by atoms with Gasteiger partial charge in [-0.1, -0.05) is 36.4 Å². The van der Waals surface area contributed by atoms with E-state index in [2.05, 4.69) is 15.7 Å². The summed E-state index contributed by atoms with van der Waals surface area (Å²) in [5.41, 5.74) is 1.09. The number of rotatable bonds is 9. The van der Waals surface area contributed by atoms with Gasteiger partial charge in [0.1, 0.15) is 22.7 Å². The lowest BCUT2D eigenvalue weighted by atomic mass is 9.96. The molecule has 3 amide bonds. The molecule has 0 bridgehead atoms. The van der Waals surface area contributed by atoms with Crippen molar-refractivity contribution in [3.05, 3.63) is 77.1 Å². The number of methoxy groups -OCH3 is 2. The first-order chi connectivity index (χ1) is 17.8. The summed E-state index contributed by atoms with van der Waals surface area (Å²) in [5.74, 6) is 0.277. The van der Waals surface area contributed by atoms with Gasteiger partial charge in [-0.05, 0) is 30.5 Å². The van der Waals surface area contributed by atoms with Crippen molar-refractivity contribution < 1.29 is 23.9 Å². The molecule has 37 heavy (non-hydrogen) atoms. The van der Waals surface area contributed by atoms with Gasteiger partial charge in [0.25, 0.3) is 11.8 Å². The Labute approximate surface area is 215 Å². The van der Waals surface area contributed by atoms with Crippen molar-refractivity contribution in [3.8, 4) is 11.5 Å². The number of ether oxygens (including phenoxy) is 2. The van der Waals surface area contributed by atoms with Crippen LogP contribution in [0.25, 0.3) is 0 Å². The Morgan fingerprint density at radius 1 is 1.05 bits per heavy atom. The molecule has 194 valence electrons. The highest BCUT2D eigenvalue weighted by Gasteiger charge is 2.46. The first-order valence-electron chi connectivity index (χ1n) is 11.9. The smallest absolute Gasteiger partial charge is 0.272 e. The molecule has 10 heteroatoms. The summed E-state index contributed by atoms with van der Waals surface area (Å²) < 4.78 is 12.1. The molecular formula is C27H31N5O5. The quantitative estimate of drug-likeness (QED) is 0.460. The van der Waals surface area contributed by atoms with E-state index in [1.807, 2.05) is 42.5 Å². The number of hydrogen-bond acceptors (Lipinski definition) is 6. The Hall–Kier alpha value is -4.34. The summed E-state index contributed by atoms with van der Waals surface area (Å²) in [5, 5.41) is 10.1. The van der Waals surface area contributed by atoms with Crippen LogP contribution in [0.2, 0.25) is 0 Å². The van der Waals surface area contributed by atoms with Crippen LogP contribution in [0.4, 0.5) is 0 Å². The summed E-state index contributed by atoms with van der Waals surface area (Å²) >= 11 is 0. The van der Waals surface area contributed by atoms with E-state index < -0.39 is 11.4 Å². The third-order valence-electron chi connectivity index (χ3n) is 6.69. The minimum Gasteiger partial charge on any atom is -0.497 e. The highest BCUT2D eigenvalue weighted by atomic mass is 16.5. The first kappa shape index (κ1) is 25.7. The predicted octanol–water partition coefficient (Wildman–Crippen LogP) is 2.03. The van der Waals surface area contributed by atoms with Gasteiger partial charge in [-0.15, -0.1) is 0 Å². The summed E-state index contributed by atoms with van der Waals surface area (Å²) in [7, 11) is 4.75. The number of carbonyl (C=O) groups is 3. The Morgan fingerprint density at radius 2 is 1.81 bits per heavy atom.